The molecule has 1 saturated carbocycles. The first-order chi connectivity index (χ1) is 9.69. The predicted molar refractivity (Wildman–Crippen MR) is 82.8 cm³/mol. The van der Waals surface area contributed by atoms with E-state index in [4.69, 9.17) is 10.5 Å². The first kappa shape index (κ1) is 15.3. The van der Waals surface area contributed by atoms with E-state index < -0.39 is 0 Å². The molecule has 110 valence electrons. The van der Waals surface area contributed by atoms with Crippen LogP contribution in [-0.2, 0) is 11.2 Å². The number of nitrogens with one attached hydrogen (secondary N) is 1. The molecule has 0 saturated heterocycles. The van der Waals surface area contributed by atoms with Gasteiger partial charge in [0.1, 0.15) is 5.75 Å². The van der Waals surface area contributed by atoms with Gasteiger partial charge in [0.15, 0.2) is 6.61 Å². The van der Waals surface area contributed by atoms with E-state index in [1.165, 1.54) is 12.8 Å². The van der Waals surface area contributed by atoms with E-state index in [1.807, 2.05) is 18.2 Å². The van der Waals surface area contributed by atoms with Crippen molar-refractivity contribution in [2.75, 3.05) is 13.2 Å². The van der Waals surface area contributed by atoms with Gasteiger partial charge in [-0.2, -0.15) is 0 Å². The van der Waals surface area contributed by atoms with Crippen molar-refractivity contribution < 1.29 is 9.53 Å². The van der Waals surface area contributed by atoms with E-state index in [1.54, 1.807) is 0 Å². The summed E-state index contributed by atoms with van der Waals surface area (Å²) in [6.07, 6.45) is 5.38. The minimum absolute atomic E-state index is 0.0415. The van der Waals surface area contributed by atoms with Crippen LogP contribution < -0.4 is 15.8 Å². The molecule has 1 fully saturated rings. The molecule has 0 radical (unpaired) electrons. The van der Waals surface area contributed by atoms with Gasteiger partial charge in [-0.1, -0.05) is 28.8 Å². The Kier molecular flexibility index (Phi) is 5.86. The Hall–Kier alpha value is -1.07. The van der Waals surface area contributed by atoms with Crippen LogP contribution in [0.15, 0.2) is 22.7 Å². The molecule has 5 heteroatoms. The fourth-order valence-corrected chi connectivity index (χ4v) is 2.92. The van der Waals surface area contributed by atoms with E-state index in [0.717, 1.165) is 29.3 Å². The molecule has 1 aliphatic rings. The summed E-state index contributed by atoms with van der Waals surface area (Å²) in [6, 6.07) is 6.05. The van der Waals surface area contributed by atoms with Crippen LogP contribution in [0.4, 0.5) is 0 Å². The van der Waals surface area contributed by atoms with Crippen LogP contribution in [0.2, 0.25) is 0 Å². The van der Waals surface area contributed by atoms with Gasteiger partial charge in [0.2, 0.25) is 0 Å². The Morgan fingerprint density at radius 1 is 1.40 bits per heavy atom. The maximum Gasteiger partial charge on any atom is 0.258 e. The fraction of sp³-hybridized carbons (Fsp3) is 0.533. The topological polar surface area (TPSA) is 64.3 Å². The Bertz CT molecular complexity index is 459. The van der Waals surface area contributed by atoms with E-state index in [2.05, 4.69) is 21.2 Å². The monoisotopic (exact) mass is 340 g/mol. The van der Waals surface area contributed by atoms with Crippen molar-refractivity contribution in [1.82, 2.24) is 5.32 Å². The van der Waals surface area contributed by atoms with Crippen LogP contribution in [-0.4, -0.2) is 25.1 Å². The summed E-state index contributed by atoms with van der Waals surface area (Å²) in [7, 11) is 0. The molecule has 1 aromatic carbocycles. The third kappa shape index (κ3) is 4.49. The number of benzene rings is 1. The molecule has 2 rings (SSSR count). The molecular formula is C15H21BrN2O2. The van der Waals surface area contributed by atoms with Crippen molar-refractivity contribution in [3.05, 3.63) is 28.2 Å². The Morgan fingerprint density at radius 2 is 2.15 bits per heavy atom. The van der Waals surface area contributed by atoms with Crippen LogP contribution in [0.5, 0.6) is 5.75 Å². The number of halogens is 1. The molecular weight excluding hydrogens is 320 g/mol. The second-order valence-electron chi connectivity index (χ2n) is 5.13. The van der Waals surface area contributed by atoms with Gasteiger partial charge >= 0.3 is 0 Å². The molecule has 0 atom stereocenters. The zero-order valence-corrected chi connectivity index (χ0v) is 13.1. The van der Waals surface area contributed by atoms with E-state index in [-0.39, 0.29) is 12.5 Å². The summed E-state index contributed by atoms with van der Waals surface area (Å²) >= 11 is 3.48. The molecule has 20 heavy (non-hydrogen) atoms. The van der Waals surface area contributed by atoms with Crippen LogP contribution in [0, 0.1) is 0 Å². The highest BCUT2D eigenvalue weighted by Crippen LogP contribution is 2.23. The molecule has 0 aromatic heterocycles. The molecule has 1 amide bonds. The third-order valence-electron chi connectivity index (χ3n) is 3.52. The average Bonchev–Trinajstić information content (AvgIpc) is 2.93. The van der Waals surface area contributed by atoms with Crippen molar-refractivity contribution >= 4 is 21.8 Å². The Labute approximate surface area is 128 Å². The van der Waals surface area contributed by atoms with Crippen LogP contribution in [0.3, 0.4) is 0 Å². The first-order valence-corrected chi connectivity index (χ1v) is 7.89. The molecule has 4 nitrogen and oxygen atoms in total. The largest absolute Gasteiger partial charge is 0.484 e. The zero-order chi connectivity index (χ0) is 14.4. The van der Waals surface area contributed by atoms with E-state index >= 15 is 0 Å². The third-order valence-corrected chi connectivity index (χ3v) is 4.29. The summed E-state index contributed by atoms with van der Waals surface area (Å²) < 4.78 is 6.57. The fourth-order valence-electron chi connectivity index (χ4n) is 2.48. The normalized spacial score (nSPS) is 15.3. The standard InChI is InChI=1S/C15H21BrN2O2/c16-14-6-5-13(9-11(14)7-8-17)20-10-15(19)18-12-3-1-2-4-12/h5-6,9,12H,1-4,7-8,10,17H2,(H,18,19). The molecule has 1 aromatic rings. The predicted octanol–water partition coefficient (Wildman–Crippen LogP) is 2.39. The highest BCUT2D eigenvalue weighted by Gasteiger charge is 2.17. The number of rotatable bonds is 6. The van der Waals surface area contributed by atoms with Crippen molar-refractivity contribution in [1.29, 1.82) is 0 Å². The lowest BCUT2D eigenvalue weighted by Gasteiger charge is -2.13. The molecule has 0 bridgehead atoms. The lowest BCUT2D eigenvalue weighted by Crippen LogP contribution is -2.36. The number of hydrogen-bond acceptors (Lipinski definition) is 3. The number of carbonyl (C=O) groups is 1. The van der Waals surface area contributed by atoms with Gasteiger partial charge in [-0.25, -0.2) is 0 Å². The maximum absolute atomic E-state index is 11.8. The SMILES string of the molecule is NCCc1cc(OCC(=O)NC2CCCC2)ccc1Br. The zero-order valence-electron chi connectivity index (χ0n) is 11.5. The molecule has 0 aliphatic heterocycles. The van der Waals surface area contributed by atoms with Crippen molar-refractivity contribution in [2.24, 2.45) is 5.73 Å². The number of ether oxygens (including phenoxy) is 1. The quantitative estimate of drug-likeness (QED) is 0.835. The summed E-state index contributed by atoms with van der Waals surface area (Å²) in [5, 5.41) is 3.01. The number of nitrogens with two attached hydrogens (primary N) is 1. The van der Waals surface area contributed by atoms with Gasteiger partial charge in [-0.3, -0.25) is 4.79 Å². The molecule has 0 spiro atoms. The number of amides is 1. The van der Waals surface area contributed by atoms with Crippen LogP contribution in [0.25, 0.3) is 0 Å². The minimum Gasteiger partial charge on any atom is -0.484 e. The average molecular weight is 341 g/mol. The minimum atomic E-state index is -0.0415. The Morgan fingerprint density at radius 3 is 2.85 bits per heavy atom. The lowest BCUT2D eigenvalue weighted by molar-refractivity contribution is -0.123. The van der Waals surface area contributed by atoms with E-state index in [9.17, 15) is 4.79 Å². The first-order valence-electron chi connectivity index (χ1n) is 7.09. The van der Waals surface area contributed by atoms with Gasteiger partial charge in [0, 0.05) is 10.5 Å². The molecule has 0 unspecified atom stereocenters. The van der Waals surface area contributed by atoms with Gasteiger partial charge < -0.3 is 15.8 Å². The lowest BCUT2D eigenvalue weighted by atomic mass is 10.1. The molecule has 3 N–H and O–H groups in total. The number of carbonyl (C=O) groups excluding carboxylic acids is 1. The Balaban J connectivity index is 1.83. The summed E-state index contributed by atoms with van der Waals surface area (Å²) in [5.74, 6) is 0.665. The van der Waals surface area contributed by atoms with Crippen molar-refractivity contribution in [3.63, 3.8) is 0 Å². The van der Waals surface area contributed by atoms with Gasteiger partial charge in [-0.05, 0) is 49.6 Å². The van der Waals surface area contributed by atoms with Crippen LogP contribution >= 0.6 is 15.9 Å². The maximum atomic E-state index is 11.8. The van der Waals surface area contributed by atoms with Gasteiger partial charge in [-0.15, -0.1) is 0 Å². The molecule has 0 heterocycles. The summed E-state index contributed by atoms with van der Waals surface area (Å²) in [6.45, 7) is 0.657. The van der Waals surface area contributed by atoms with Crippen molar-refractivity contribution in [3.8, 4) is 5.75 Å². The van der Waals surface area contributed by atoms with Crippen LogP contribution in [0.1, 0.15) is 31.2 Å². The molecule has 1 aliphatic carbocycles. The highest BCUT2D eigenvalue weighted by molar-refractivity contribution is 9.10. The van der Waals surface area contributed by atoms with Crippen molar-refractivity contribution in [2.45, 2.75) is 38.1 Å². The second-order valence-corrected chi connectivity index (χ2v) is 5.98. The summed E-state index contributed by atoms with van der Waals surface area (Å²) in [5.41, 5.74) is 6.67. The number of hydrogen-bond donors (Lipinski definition) is 2. The van der Waals surface area contributed by atoms with Gasteiger partial charge in [0.25, 0.3) is 5.91 Å². The van der Waals surface area contributed by atoms with Gasteiger partial charge in [0.05, 0.1) is 0 Å². The summed E-state index contributed by atoms with van der Waals surface area (Å²) in [4.78, 5) is 11.8. The smallest absolute Gasteiger partial charge is 0.258 e. The highest BCUT2D eigenvalue weighted by atomic mass is 79.9. The second kappa shape index (κ2) is 7.64. The van der Waals surface area contributed by atoms with E-state index in [0.29, 0.717) is 18.3 Å².